The van der Waals surface area contributed by atoms with Crippen molar-refractivity contribution in [1.29, 1.82) is 0 Å². The van der Waals surface area contributed by atoms with E-state index in [-0.39, 0.29) is 10.6 Å². The lowest BCUT2D eigenvalue weighted by Gasteiger charge is -2.11. The standard InChI is InChI=1S/C9H9BrF3NO4S/c10-6-1-2-7(8(5-6)19(14,15)16)17-3-4-18-9(11,12)13/h1-2,5H,3-4H2,(H2,14,15,16). The van der Waals surface area contributed by atoms with E-state index in [9.17, 15) is 21.6 Å². The maximum Gasteiger partial charge on any atom is 0.522 e. The van der Waals surface area contributed by atoms with Gasteiger partial charge in [-0.3, -0.25) is 4.74 Å². The van der Waals surface area contributed by atoms with Gasteiger partial charge in [-0.1, -0.05) is 15.9 Å². The highest BCUT2D eigenvalue weighted by molar-refractivity contribution is 9.10. The molecule has 0 radical (unpaired) electrons. The number of sulfonamides is 1. The molecule has 0 saturated carbocycles. The number of benzene rings is 1. The average molecular weight is 364 g/mol. The molecule has 0 amide bonds. The Morgan fingerprint density at radius 1 is 1.26 bits per heavy atom. The second-order valence-corrected chi connectivity index (χ2v) is 5.72. The van der Waals surface area contributed by atoms with Gasteiger partial charge in [0.2, 0.25) is 10.0 Å². The monoisotopic (exact) mass is 363 g/mol. The summed E-state index contributed by atoms with van der Waals surface area (Å²) in [5.41, 5.74) is 0. The SMILES string of the molecule is NS(=O)(=O)c1cc(Br)ccc1OCCOC(F)(F)F. The molecule has 2 N–H and O–H groups in total. The second-order valence-electron chi connectivity index (χ2n) is 3.28. The second kappa shape index (κ2) is 6.07. The van der Waals surface area contributed by atoms with Gasteiger partial charge in [0.05, 0.1) is 6.61 Å². The van der Waals surface area contributed by atoms with Crippen molar-refractivity contribution < 1.29 is 31.1 Å². The van der Waals surface area contributed by atoms with Crippen molar-refractivity contribution in [1.82, 2.24) is 0 Å². The van der Waals surface area contributed by atoms with Crippen molar-refractivity contribution >= 4 is 26.0 Å². The summed E-state index contributed by atoms with van der Waals surface area (Å²) in [6, 6.07) is 3.93. The number of hydrogen-bond acceptors (Lipinski definition) is 4. The van der Waals surface area contributed by atoms with E-state index in [1.807, 2.05) is 0 Å². The number of primary sulfonamides is 1. The molecular formula is C9H9BrF3NO4S. The highest BCUT2D eigenvalue weighted by atomic mass is 79.9. The number of nitrogens with two attached hydrogens (primary N) is 1. The quantitative estimate of drug-likeness (QED) is 0.811. The first-order chi connectivity index (χ1) is 8.59. The molecule has 1 rings (SSSR count). The molecule has 0 atom stereocenters. The molecular weight excluding hydrogens is 355 g/mol. The molecule has 0 saturated heterocycles. The first-order valence-electron chi connectivity index (χ1n) is 4.75. The van der Waals surface area contributed by atoms with Crippen molar-refractivity contribution in [2.75, 3.05) is 13.2 Å². The van der Waals surface area contributed by atoms with Crippen LogP contribution in [0.3, 0.4) is 0 Å². The predicted octanol–water partition coefficient (Wildman–Crippen LogP) is 2.01. The lowest BCUT2D eigenvalue weighted by atomic mass is 10.3. The third-order valence-electron chi connectivity index (χ3n) is 1.82. The van der Waals surface area contributed by atoms with Crippen LogP contribution in [0.4, 0.5) is 13.2 Å². The molecule has 0 fully saturated rings. The Kier molecular flexibility index (Phi) is 5.18. The fourth-order valence-corrected chi connectivity index (χ4v) is 2.34. The summed E-state index contributed by atoms with van der Waals surface area (Å²) < 4.78 is 66.5. The van der Waals surface area contributed by atoms with Gasteiger partial charge >= 0.3 is 6.36 Å². The average Bonchev–Trinajstić information content (AvgIpc) is 2.23. The smallest absolute Gasteiger partial charge is 0.490 e. The normalized spacial score (nSPS) is 12.5. The highest BCUT2D eigenvalue weighted by Crippen LogP contribution is 2.26. The first kappa shape index (κ1) is 16.2. The van der Waals surface area contributed by atoms with Crippen LogP contribution in [0, 0.1) is 0 Å². The minimum absolute atomic E-state index is 0.142. The van der Waals surface area contributed by atoms with Crippen LogP contribution >= 0.6 is 15.9 Å². The molecule has 0 aromatic heterocycles. The van der Waals surface area contributed by atoms with E-state index in [1.165, 1.54) is 18.2 Å². The maximum atomic E-state index is 11.7. The molecule has 0 aliphatic rings. The largest absolute Gasteiger partial charge is 0.522 e. The summed E-state index contributed by atoms with van der Waals surface area (Å²) >= 11 is 3.05. The van der Waals surface area contributed by atoms with Gasteiger partial charge in [-0.25, -0.2) is 13.6 Å². The van der Waals surface area contributed by atoms with Crippen molar-refractivity contribution in [2.24, 2.45) is 5.14 Å². The van der Waals surface area contributed by atoms with Gasteiger partial charge in [-0.2, -0.15) is 0 Å². The Morgan fingerprint density at radius 3 is 2.42 bits per heavy atom. The summed E-state index contributed by atoms with van der Waals surface area (Å²) in [5, 5.41) is 4.96. The van der Waals surface area contributed by atoms with E-state index in [0.717, 1.165) is 0 Å². The summed E-state index contributed by atoms with van der Waals surface area (Å²) in [4.78, 5) is -0.325. The zero-order valence-corrected chi connectivity index (χ0v) is 11.7. The van der Waals surface area contributed by atoms with Crippen LogP contribution in [0.1, 0.15) is 0 Å². The van der Waals surface area contributed by atoms with Gasteiger partial charge in [0.15, 0.2) is 0 Å². The Hall–Kier alpha value is -0.840. The fraction of sp³-hybridized carbons (Fsp3) is 0.333. The number of alkyl halides is 3. The topological polar surface area (TPSA) is 78.6 Å². The molecule has 0 unspecified atom stereocenters. The van der Waals surface area contributed by atoms with Crippen LogP contribution in [0.2, 0.25) is 0 Å². The van der Waals surface area contributed by atoms with Crippen LogP contribution in [0.25, 0.3) is 0 Å². The predicted molar refractivity (Wildman–Crippen MR) is 63.0 cm³/mol. The molecule has 108 valence electrons. The van der Waals surface area contributed by atoms with Crippen molar-refractivity contribution in [3.05, 3.63) is 22.7 Å². The molecule has 0 spiro atoms. The number of hydrogen-bond donors (Lipinski definition) is 1. The van der Waals surface area contributed by atoms with E-state index in [2.05, 4.69) is 20.7 Å². The Bertz CT molecular complexity index is 547. The fourth-order valence-electron chi connectivity index (χ4n) is 1.13. The van der Waals surface area contributed by atoms with Crippen molar-refractivity contribution in [3.8, 4) is 5.75 Å². The molecule has 10 heteroatoms. The van der Waals surface area contributed by atoms with Gasteiger partial charge in [-0.15, -0.1) is 13.2 Å². The summed E-state index contributed by atoms with van der Waals surface area (Å²) in [5.74, 6) is -0.142. The van der Waals surface area contributed by atoms with Gasteiger partial charge < -0.3 is 4.74 Å². The summed E-state index contributed by atoms with van der Waals surface area (Å²) in [7, 11) is -4.04. The van der Waals surface area contributed by atoms with Crippen molar-refractivity contribution in [2.45, 2.75) is 11.3 Å². The third kappa shape index (κ3) is 5.76. The van der Waals surface area contributed by atoms with Gasteiger partial charge in [-0.05, 0) is 18.2 Å². The third-order valence-corrected chi connectivity index (χ3v) is 3.24. The Morgan fingerprint density at radius 2 is 1.89 bits per heavy atom. The molecule has 0 aliphatic carbocycles. The lowest BCUT2D eigenvalue weighted by molar-refractivity contribution is -0.325. The zero-order chi connectivity index (χ0) is 14.7. The van der Waals surface area contributed by atoms with E-state index in [0.29, 0.717) is 4.47 Å². The number of ether oxygens (including phenoxy) is 2. The summed E-state index contributed by atoms with van der Waals surface area (Å²) in [6.45, 7) is -1.23. The summed E-state index contributed by atoms with van der Waals surface area (Å²) in [6.07, 6.45) is -4.76. The molecule has 5 nitrogen and oxygen atoms in total. The zero-order valence-electron chi connectivity index (χ0n) is 9.28. The number of halogens is 4. The van der Waals surface area contributed by atoms with Crippen molar-refractivity contribution in [3.63, 3.8) is 0 Å². The molecule has 1 aromatic rings. The van der Waals surface area contributed by atoms with Crippen LogP contribution in [0.15, 0.2) is 27.6 Å². The minimum atomic E-state index is -4.76. The van der Waals surface area contributed by atoms with E-state index in [4.69, 9.17) is 9.88 Å². The maximum absolute atomic E-state index is 11.7. The molecule has 0 aliphatic heterocycles. The Labute approximate surface area is 115 Å². The molecule has 0 bridgehead atoms. The van der Waals surface area contributed by atoms with Gasteiger partial charge in [0.1, 0.15) is 17.3 Å². The van der Waals surface area contributed by atoms with E-state index >= 15 is 0 Å². The first-order valence-corrected chi connectivity index (χ1v) is 7.09. The van der Waals surface area contributed by atoms with Gasteiger partial charge in [0, 0.05) is 4.47 Å². The number of rotatable bonds is 5. The van der Waals surface area contributed by atoms with E-state index in [1.54, 1.807) is 0 Å². The molecule has 1 aromatic carbocycles. The lowest BCUT2D eigenvalue weighted by Crippen LogP contribution is -2.19. The van der Waals surface area contributed by atoms with Crippen LogP contribution in [0.5, 0.6) is 5.75 Å². The van der Waals surface area contributed by atoms with Crippen LogP contribution < -0.4 is 9.88 Å². The van der Waals surface area contributed by atoms with E-state index < -0.39 is 29.6 Å². The van der Waals surface area contributed by atoms with Gasteiger partial charge in [0.25, 0.3) is 0 Å². The Balaban J connectivity index is 2.74. The van der Waals surface area contributed by atoms with Crippen LogP contribution in [-0.2, 0) is 14.8 Å². The molecule has 19 heavy (non-hydrogen) atoms. The molecule has 0 heterocycles. The highest BCUT2D eigenvalue weighted by Gasteiger charge is 2.28. The minimum Gasteiger partial charge on any atom is -0.490 e. The van der Waals surface area contributed by atoms with Crippen LogP contribution in [-0.4, -0.2) is 28.0 Å².